The first kappa shape index (κ1) is 32.7. The van der Waals surface area contributed by atoms with E-state index in [1.165, 1.54) is 12.1 Å². The number of fused-ring (bicyclic) bond motifs is 10. The molecule has 0 aliphatic carbocycles. The average Bonchev–Trinajstić information content (AvgIpc) is 3.54. The van der Waals surface area contributed by atoms with Crippen molar-refractivity contribution in [1.29, 1.82) is 0 Å². The molecule has 0 radical (unpaired) electrons. The first-order valence-electron chi connectivity index (χ1n) is 13.0. The summed E-state index contributed by atoms with van der Waals surface area (Å²) in [5, 5.41) is 0. The van der Waals surface area contributed by atoms with Gasteiger partial charge in [-0.25, -0.2) is 0 Å². The summed E-state index contributed by atoms with van der Waals surface area (Å²) in [7, 11) is 3.48. The monoisotopic (exact) mass is 784 g/mol. The van der Waals surface area contributed by atoms with Gasteiger partial charge in [-0.3, -0.25) is 9.97 Å². The van der Waals surface area contributed by atoms with E-state index < -0.39 is 40.2 Å². The fourth-order valence-corrected chi connectivity index (χ4v) is 4.76. The van der Waals surface area contributed by atoms with Gasteiger partial charge in [0.15, 0.2) is 0 Å². The fraction of sp³-hybridized carbons (Fsp3) is 0.448. The number of pyridine rings is 2. The Morgan fingerprint density at radius 2 is 1.14 bits per heavy atom. The topological polar surface area (TPSA) is 64.7 Å². The molecular formula is C29H29F6N7Pt. The number of imidazole rings is 2. The molecule has 5 heterocycles. The Bertz CT molecular complexity index is 1680. The molecule has 232 valence electrons. The van der Waals surface area contributed by atoms with Gasteiger partial charge in [-0.05, 0) is 37.4 Å². The summed E-state index contributed by atoms with van der Waals surface area (Å²) >= 11 is 0. The summed E-state index contributed by atoms with van der Waals surface area (Å²) in [5.41, 5.74) is -2.69. The number of aromatic nitrogens is 6. The Morgan fingerprint density at radius 1 is 0.674 bits per heavy atom. The summed E-state index contributed by atoms with van der Waals surface area (Å²) < 4.78 is 87.9. The second-order valence-electron chi connectivity index (χ2n) is 12.2. The molecule has 0 N–H and O–H groups in total. The Morgan fingerprint density at radius 3 is 1.60 bits per heavy atom. The van der Waals surface area contributed by atoms with Crippen LogP contribution in [0.25, 0.3) is 11.6 Å². The summed E-state index contributed by atoms with van der Waals surface area (Å²) in [4.78, 5) is 18.8. The molecule has 4 aromatic heterocycles. The van der Waals surface area contributed by atoms with Crippen LogP contribution in [0.1, 0.15) is 76.0 Å². The average molecular weight is 785 g/mol. The van der Waals surface area contributed by atoms with Gasteiger partial charge in [0.1, 0.15) is 11.6 Å². The number of anilines is 1. The second kappa shape index (κ2) is 10.2. The molecule has 0 saturated heterocycles. The van der Waals surface area contributed by atoms with Gasteiger partial charge in [0.2, 0.25) is 0 Å². The first-order chi connectivity index (χ1) is 19.2. The maximum absolute atomic E-state index is 14.5. The minimum atomic E-state index is -4.89. The van der Waals surface area contributed by atoms with Gasteiger partial charge in [-0.15, -0.1) is 0 Å². The van der Waals surface area contributed by atoms with Crippen LogP contribution in [0.4, 0.5) is 32.0 Å². The van der Waals surface area contributed by atoms with E-state index in [4.69, 9.17) is 0 Å². The third-order valence-electron chi connectivity index (χ3n) is 8.33. The van der Waals surface area contributed by atoms with E-state index in [9.17, 15) is 26.3 Å². The van der Waals surface area contributed by atoms with Crippen molar-refractivity contribution in [3.8, 4) is 11.6 Å². The molecule has 5 rings (SSSR count). The van der Waals surface area contributed by atoms with Crippen molar-refractivity contribution >= 4 is 5.69 Å². The number of hydrogen-bond acceptors (Lipinski definition) is 5. The van der Waals surface area contributed by atoms with Gasteiger partial charge in [-0.1, -0.05) is 58.3 Å². The normalized spacial score (nSPS) is 17.0. The fourth-order valence-electron chi connectivity index (χ4n) is 4.76. The molecule has 0 atom stereocenters. The summed E-state index contributed by atoms with van der Waals surface area (Å²) in [5.74, 6) is -2.64. The van der Waals surface area contributed by atoms with Crippen LogP contribution >= 0.6 is 0 Å². The maximum atomic E-state index is 14.5. The predicted octanol–water partition coefficient (Wildman–Crippen LogP) is 6.44. The molecule has 7 nitrogen and oxygen atoms in total. The first-order valence-corrected chi connectivity index (χ1v) is 13.0. The van der Waals surface area contributed by atoms with E-state index in [0.717, 1.165) is 9.13 Å². The summed E-state index contributed by atoms with van der Waals surface area (Å²) in [6.45, 7) is 9.85. The molecule has 0 spiro atoms. The second-order valence-corrected chi connectivity index (χ2v) is 12.2. The number of halogens is 6. The molecule has 0 amide bonds. The Balaban J connectivity index is 0.00000423. The maximum Gasteiger partial charge on any atom is 2.00 e. The van der Waals surface area contributed by atoms with Crippen molar-refractivity contribution in [2.45, 2.75) is 70.1 Å². The summed E-state index contributed by atoms with van der Waals surface area (Å²) in [6, 6.07) is 7.82. The van der Waals surface area contributed by atoms with Crippen molar-refractivity contribution in [1.82, 2.24) is 29.1 Å². The quantitative estimate of drug-likeness (QED) is 0.164. The molecule has 0 unspecified atom stereocenters. The van der Waals surface area contributed by atoms with Crippen LogP contribution in [0.5, 0.6) is 0 Å². The van der Waals surface area contributed by atoms with E-state index in [1.807, 2.05) is 0 Å². The number of rotatable bonds is 1. The SMILES string of the molecule is CN(C)c1cc2nc(c1)C(C)(C)c1cccc(n1)-n1[c-]c(nc1C(F)(F)F)C(C)(C)C(C)(C)c1[c-]n-2c(C(F)(F)F)n1.[Pt+2]. The van der Waals surface area contributed by atoms with E-state index in [2.05, 4.69) is 32.3 Å². The van der Waals surface area contributed by atoms with Crippen molar-refractivity contribution in [2.24, 2.45) is 0 Å². The van der Waals surface area contributed by atoms with E-state index in [1.54, 1.807) is 78.7 Å². The van der Waals surface area contributed by atoms with Crippen LogP contribution in [0.3, 0.4) is 0 Å². The zero-order chi connectivity index (χ0) is 31.2. The van der Waals surface area contributed by atoms with Gasteiger partial charge in [-0.2, -0.15) is 26.3 Å². The number of alkyl halides is 6. The van der Waals surface area contributed by atoms with Crippen LogP contribution in [-0.4, -0.2) is 43.2 Å². The van der Waals surface area contributed by atoms with Gasteiger partial charge in [0.05, 0.1) is 0 Å². The van der Waals surface area contributed by atoms with Crippen molar-refractivity contribution in [2.75, 3.05) is 19.0 Å². The summed E-state index contributed by atoms with van der Waals surface area (Å²) in [6.07, 6.45) is -4.24. The van der Waals surface area contributed by atoms with Gasteiger partial charge in [0, 0.05) is 59.1 Å². The van der Waals surface area contributed by atoms with E-state index in [0.29, 0.717) is 17.1 Å². The molecule has 4 aromatic rings. The molecule has 0 aromatic carbocycles. The van der Waals surface area contributed by atoms with Gasteiger partial charge >= 0.3 is 33.4 Å². The zero-order valence-corrected chi connectivity index (χ0v) is 26.9. The molecule has 8 bridgehead atoms. The van der Waals surface area contributed by atoms with Crippen LogP contribution in [-0.2, 0) is 49.7 Å². The number of nitrogens with zero attached hydrogens (tertiary/aromatic N) is 7. The van der Waals surface area contributed by atoms with Crippen LogP contribution < -0.4 is 4.90 Å². The minimum Gasteiger partial charge on any atom is -0.443 e. The Labute approximate surface area is 259 Å². The number of hydrogen-bond donors (Lipinski definition) is 0. The third-order valence-corrected chi connectivity index (χ3v) is 8.33. The largest absolute Gasteiger partial charge is 2.00 e. The van der Waals surface area contributed by atoms with E-state index in [-0.39, 0.29) is 44.1 Å². The van der Waals surface area contributed by atoms with Crippen molar-refractivity contribution in [3.63, 3.8) is 0 Å². The standard InChI is InChI=1S/C29H29F6N7.Pt/c1-25(2)17-10-9-11-21(36-17)41-14-19(38-23(41)28(30,31)32)26(3,4)27(5,6)20-15-42(24(39-20)29(33,34)35)22-13-16(40(7)8)12-18(25)37-22;/h9-13H,1-8H3;/q-2;+2. The molecule has 1 aliphatic heterocycles. The predicted molar refractivity (Wildman–Crippen MR) is 143 cm³/mol. The molecule has 14 heteroatoms. The van der Waals surface area contributed by atoms with Gasteiger partial charge in [0.25, 0.3) is 0 Å². The minimum absolute atomic E-state index is 0. The third kappa shape index (κ3) is 5.27. The Hall–Kier alpha value is -3.21. The molecule has 43 heavy (non-hydrogen) atoms. The van der Waals surface area contributed by atoms with Crippen molar-refractivity contribution < 1.29 is 47.4 Å². The zero-order valence-electron chi connectivity index (χ0n) is 24.6. The molecule has 0 saturated carbocycles. The molecule has 1 aliphatic rings. The van der Waals surface area contributed by atoms with Crippen LogP contribution in [0.15, 0.2) is 30.3 Å². The molecule has 0 fully saturated rings. The smallest absolute Gasteiger partial charge is 0.443 e. The van der Waals surface area contributed by atoms with Gasteiger partial charge < -0.3 is 24.0 Å². The van der Waals surface area contributed by atoms with Crippen molar-refractivity contribution in [3.05, 3.63) is 77.2 Å². The van der Waals surface area contributed by atoms with E-state index >= 15 is 0 Å². The van der Waals surface area contributed by atoms with Crippen LogP contribution in [0, 0.1) is 12.4 Å². The molecular weight excluding hydrogens is 755 g/mol. The van der Waals surface area contributed by atoms with Crippen LogP contribution in [0.2, 0.25) is 0 Å². The Kier molecular flexibility index (Phi) is 7.74.